The molecule has 8 heteroatoms. The predicted octanol–water partition coefficient (Wildman–Crippen LogP) is 2.53. The van der Waals surface area contributed by atoms with Crippen molar-refractivity contribution < 1.29 is 9.32 Å². The molecule has 0 aliphatic heterocycles. The van der Waals surface area contributed by atoms with Gasteiger partial charge >= 0.3 is 0 Å². The van der Waals surface area contributed by atoms with Crippen molar-refractivity contribution in [3.63, 3.8) is 0 Å². The standard InChI is InChI=1S/C18H20N6O2/c1-5-8-20-15(25)13-10-24(11-21-13)14-12(7-6-9-19-14)16-22-17(23-26-16)18(2,3)4/h5-7,9-11H,1,8H2,2-4H3,(H,20,25). The molecule has 26 heavy (non-hydrogen) atoms. The summed E-state index contributed by atoms with van der Waals surface area (Å²) in [6.45, 7) is 9.97. The van der Waals surface area contributed by atoms with Gasteiger partial charge in [0, 0.05) is 24.4 Å². The van der Waals surface area contributed by atoms with Gasteiger partial charge in [-0.15, -0.1) is 6.58 Å². The second kappa shape index (κ2) is 6.91. The molecular formula is C18H20N6O2. The maximum absolute atomic E-state index is 12.0. The summed E-state index contributed by atoms with van der Waals surface area (Å²) in [6, 6.07) is 3.62. The maximum atomic E-state index is 12.0. The summed E-state index contributed by atoms with van der Waals surface area (Å²) in [7, 11) is 0. The Hall–Kier alpha value is -3.29. The number of hydrogen-bond donors (Lipinski definition) is 1. The fourth-order valence-electron chi connectivity index (χ4n) is 2.22. The zero-order valence-electron chi connectivity index (χ0n) is 14.9. The van der Waals surface area contributed by atoms with Crippen LogP contribution < -0.4 is 5.32 Å². The number of carbonyl (C=O) groups excluding carboxylic acids is 1. The Morgan fingerprint density at radius 3 is 2.88 bits per heavy atom. The first-order valence-electron chi connectivity index (χ1n) is 8.13. The van der Waals surface area contributed by atoms with Crippen LogP contribution in [0.1, 0.15) is 37.1 Å². The molecule has 0 radical (unpaired) electrons. The molecule has 1 N–H and O–H groups in total. The van der Waals surface area contributed by atoms with Crippen LogP contribution in [-0.4, -0.2) is 37.1 Å². The molecule has 0 atom stereocenters. The molecule has 8 nitrogen and oxygen atoms in total. The summed E-state index contributed by atoms with van der Waals surface area (Å²) >= 11 is 0. The van der Waals surface area contributed by atoms with Gasteiger partial charge in [0.1, 0.15) is 12.0 Å². The average molecular weight is 352 g/mol. The van der Waals surface area contributed by atoms with E-state index in [1.165, 1.54) is 6.33 Å². The van der Waals surface area contributed by atoms with Crippen molar-refractivity contribution in [3.8, 4) is 17.3 Å². The highest BCUT2D eigenvalue weighted by atomic mass is 16.5. The van der Waals surface area contributed by atoms with Crippen molar-refractivity contribution in [1.29, 1.82) is 0 Å². The fraction of sp³-hybridized carbons (Fsp3) is 0.278. The molecule has 0 saturated heterocycles. The molecule has 0 aliphatic carbocycles. The van der Waals surface area contributed by atoms with E-state index in [0.717, 1.165) is 0 Å². The lowest BCUT2D eigenvalue weighted by Gasteiger charge is -2.11. The van der Waals surface area contributed by atoms with Gasteiger partial charge < -0.3 is 9.84 Å². The van der Waals surface area contributed by atoms with Gasteiger partial charge in [0.25, 0.3) is 11.8 Å². The van der Waals surface area contributed by atoms with E-state index in [1.54, 1.807) is 29.1 Å². The molecule has 1 amide bonds. The minimum Gasteiger partial charge on any atom is -0.347 e. The van der Waals surface area contributed by atoms with Crippen LogP contribution in [0.3, 0.4) is 0 Å². The quantitative estimate of drug-likeness (QED) is 0.709. The highest BCUT2D eigenvalue weighted by molar-refractivity contribution is 5.92. The van der Waals surface area contributed by atoms with Crippen molar-refractivity contribution >= 4 is 5.91 Å². The number of imidazole rings is 1. The van der Waals surface area contributed by atoms with Crippen LogP contribution in [0.5, 0.6) is 0 Å². The largest absolute Gasteiger partial charge is 0.347 e. The fourth-order valence-corrected chi connectivity index (χ4v) is 2.22. The Morgan fingerprint density at radius 1 is 1.38 bits per heavy atom. The number of pyridine rings is 1. The number of aromatic nitrogens is 5. The van der Waals surface area contributed by atoms with Crippen molar-refractivity contribution in [3.05, 3.63) is 55.0 Å². The van der Waals surface area contributed by atoms with Crippen LogP contribution in [-0.2, 0) is 5.41 Å². The maximum Gasteiger partial charge on any atom is 0.271 e. The Balaban J connectivity index is 1.96. The number of amides is 1. The third kappa shape index (κ3) is 3.53. The summed E-state index contributed by atoms with van der Waals surface area (Å²) in [5.41, 5.74) is 0.713. The van der Waals surface area contributed by atoms with Crippen molar-refractivity contribution in [2.75, 3.05) is 6.54 Å². The van der Waals surface area contributed by atoms with E-state index in [9.17, 15) is 4.79 Å². The van der Waals surface area contributed by atoms with Gasteiger partial charge in [-0.25, -0.2) is 9.97 Å². The van der Waals surface area contributed by atoms with Crippen LogP contribution in [0.15, 0.2) is 48.0 Å². The van der Waals surface area contributed by atoms with Gasteiger partial charge in [0.05, 0.1) is 5.56 Å². The zero-order valence-corrected chi connectivity index (χ0v) is 14.9. The smallest absolute Gasteiger partial charge is 0.271 e. The molecule has 3 aromatic rings. The molecule has 0 fully saturated rings. The van der Waals surface area contributed by atoms with E-state index in [0.29, 0.717) is 29.6 Å². The van der Waals surface area contributed by atoms with Gasteiger partial charge in [-0.05, 0) is 12.1 Å². The summed E-state index contributed by atoms with van der Waals surface area (Å²) < 4.78 is 7.07. The van der Waals surface area contributed by atoms with Gasteiger partial charge in [0.15, 0.2) is 11.6 Å². The Morgan fingerprint density at radius 2 is 2.19 bits per heavy atom. The monoisotopic (exact) mass is 352 g/mol. The summed E-state index contributed by atoms with van der Waals surface area (Å²) in [5, 5.41) is 6.74. The zero-order chi connectivity index (χ0) is 18.7. The van der Waals surface area contributed by atoms with Gasteiger partial charge in [-0.1, -0.05) is 32.0 Å². The highest BCUT2D eigenvalue weighted by Crippen LogP contribution is 2.26. The van der Waals surface area contributed by atoms with Crippen LogP contribution in [0.2, 0.25) is 0 Å². The van der Waals surface area contributed by atoms with Gasteiger partial charge in [-0.2, -0.15) is 4.98 Å². The Labute approximate surface area is 151 Å². The first-order chi connectivity index (χ1) is 12.4. The molecule has 0 aliphatic rings. The van der Waals surface area contributed by atoms with E-state index in [1.807, 2.05) is 26.8 Å². The topological polar surface area (TPSA) is 98.7 Å². The number of nitrogens with one attached hydrogen (secondary N) is 1. The lowest BCUT2D eigenvalue weighted by molar-refractivity contribution is 0.0953. The first-order valence-corrected chi connectivity index (χ1v) is 8.13. The molecule has 0 spiro atoms. The summed E-state index contributed by atoms with van der Waals surface area (Å²) in [6.07, 6.45) is 6.38. The Bertz CT molecular complexity index is 935. The normalized spacial score (nSPS) is 11.3. The molecule has 3 aromatic heterocycles. The number of carbonyl (C=O) groups is 1. The molecule has 0 bridgehead atoms. The van der Waals surface area contributed by atoms with Crippen molar-refractivity contribution in [2.45, 2.75) is 26.2 Å². The summed E-state index contributed by atoms with van der Waals surface area (Å²) in [4.78, 5) is 25.0. The first kappa shape index (κ1) is 17.5. The molecule has 0 saturated carbocycles. The van der Waals surface area contributed by atoms with E-state index >= 15 is 0 Å². The third-order valence-electron chi connectivity index (χ3n) is 3.58. The van der Waals surface area contributed by atoms with Gasteiger partial charge in [-0.3, -0.25) is 9.36 Å². The van der Waals surface area contributed by atoms with Crippen molar-refractivity contribution in [1.82, 2.24) is 30.0 Å². The van der Waals surface area contributed by atoms with Crippen LogP contribution >= 0.6 is 0 Å². The minimum absolute atomic E-state index is 0.227. The molecule has 0 aromatic carbocycles. The minimum atomic E-state index is -0.283. The molecule has 0 unspecified atom stereocenters. The molecule has 3 heterocycles. The molecular weight excluding hydrogens is 332 g/mol. The highest BCUT2D eigenvalue weighted by Gasteiger charge is 2.23. The second-order valence-corrected chi connectivity index (χ2v) is 6.71. The van der Waals surface area contributed by atoms with Gasteiger partial charge in [0.2, 0.25) is 0 Å². The SMILES string of the molecule is C=CCNC(=O)c1cn(-c2ncccc2-c2nc(C(C)(C)C)no2)cn1. The van der Waals surface area contributed by atoms with E-state index in [4.69, 9.17) is 4.52 Å². The Kier molecular flexibility index (Phi) is 4.66. The van der Waals surface area contributed by atoms with Crippen LogP contribution in [0.4, 0.5) is 0 Å². The van der Waals surface area contributed by atoms with E-state index in [-0.39, 0.29) is 17.0 Å². The summed E-state index contributed by atoms with van der Waals surface area (Å²) in [5.74, 6) is 1.24. The number of rotatable bonds is 5. The lowest BCUT2D eigenvalue weighted by Crippen LogP contribution is -2.23. The third-order valence-corrected chi connectivity index (χ3v) is 3.58. The van der Waals surface area contributed by atoms with E-state index < -0.39 is 0 Å². The lowest BCUT2D eigenvalue weighted by atomic mass is 9.96. The number of hydrogen-bond acceptors (Lipinski definition) is 6. The number of nitrogens with zero attached hydrogens (tertiary/aromatic N) is 5. The molecule has 3 rings (SSSR count). The average Bonchev–Trinajstić information content (AvgIpc) is 3.28. The predicted molar refractivity (Wildman–Crippen MR) is 95.9 cm³/mol. The van der Waals surface area contributed by atoms with Crippen LogP contribution in [0.25, 0.3) is 17.3 Å². The van der Waals surface area contributed by atoms with E-state index in [2.05, 4.69) is 32.0 Å². The van der Waals surface area contributed by atoms with Crippen LogP contribution in [0, 0.1) is 0 Å². The second-order valence-electron chi connectivity index (χ2n) is 6.71. The van der Waals surface area contributed by atoms with Crippen molar-refractivity contribution in [2.24, 2.45) is 0 Å². The molecule has 134 valence electrons.